The first-order valence-electron chi connectivity index (χ1n) is 9.28. The Balaban J connectivity index is 1.68. The van der Waals surface area contributed by atoms with E-state index < -0.39 is 5.60 Å². The number of rotatable bonds is 2. The van der Waals surface area contributed by atoms with Crippen LogP contribution in [0.1, 0.15) is 69.9 Å². The number of nitrogens with one attached hydrogen (secondary N) is 1. The molecule has 140 valence electrons. The van der Waals surface area contributed by atoms with E-state index in [4.69, 9.17) is 16.3 Å². The molecule has 0 spiro atoms. The van der Waals surface area contributed by atoms with E-state index >= 15 is 0 Å². The van der Waals surface area contributed by atoms with E-state index in [0.717, 1.165) is 36.6 Å². The average molecular weight is 385 g/mol. The summed E-state index contributed by atoms with van der Waals surface area (Å²) in [5.41, 5.74) is 0.908. The Bertz CT molecular complexity index is 625. The molecule has 2 heterocycles. The number of carbonyl (C=O) groups is 1. The summed E-state index contributed by atoms with van der Waals surface area (Å²) in [5.74, 6) is 0. The molecule has 3 unspecified atom stereocenters. The largest absolute Gasteiger partial charge is 0.444 e. The molecule has 3 rings (SSSR count). The number of likely N-dealkylation sites (tertiary alicyclic amines) is 1. The summed E-state index contributed by atoms with van der Waals surface area (Å²) in [6.45, 7) is 8.65. The number of carbonyl (C=O) groups excluding carboxylic acids is 1. The van der Waals surface area contributed by atoms with Gasteiger partial charge in [0, 0.05) is 29.5 Å². The molecule has 1 aliphatic heterocycles. The van der Waals surface area contributed by atoms with Crippen LogP contribution in [0.5, 0.6) is 0 Å². The van der Waals surface area contributed by atoms with Crippen LogP contribution in [0, 0.1) is 0 Å². The molecule has 0 radical (unpaired) electrons. The maximum absolute atomic E-state index is 12.5. The minimum Gasteiger partial charge on any atom is -0.444 e. The van der Waals surface area contributed by atoms with Crippen molar-refractivity contribution < 1.29 is 9.53 Å². The summed E-state index contributed by atoms with van der Waals surface area (Å²) < 4.78 is 6.47. The molecule has 3 atom stereocenters. The van der Waals surface area contributed by atoms with Crippen molar-refractivity contribution >= 4 is 29.0 Å². The van der Waals surface area contributed by atoms with Gasteiger partial charge >= 0.3 is 6.09 Å². The molecule has 1 N–H and O–H groups in total. The molecule has 0 aromatic carbocycles. The smallest absolute Gasteiger partial charge is 0.410 e. The SMILES string of the molecule is CC1C(NC2CCCc3sc(Cl)cc32)CCCN1C(=O)OC(C)(C)C. The van der Waals surface area contributed by atoms with Crippen molar-refractivity contribution in [3.63, 3.8) is 0 Å². The molecule has 6 heteroatoms. The molecule has 1 aliphatic carbocycles. The van der Waals surface area contributed by atoms with Crippen molar-refractivity contribution in [1.29, 1.82) is 0 Å². The second-order valence-electron chi connectivity index (χ2n) is 8.20. The Labute approximate surface area is 159 Å². The molecule has 0 bridgehead atoms. The highest BCUT2D eigenvalue weighted by Crippen LogP contribution is 2.38. The van der Waals surface area contributed by atoms with Crippen molar-refractivity contribution in [2.45, 2.75) is 83.5 Å². The molecule has 2 aliphatic rings. The van der Waals surface area contributed by atoms with Gasteiger partial charge < -0.3 is 15.0 Å². The minimum atomic E-state index is -0.455. The van der Waals surface area contributed by atoms with Crippen LogP contribution in [0.25, 0.3) is 0 Å². The van der Waals surface area contributed by atoms with Gasteiger partial charge in [-0.25, -0.2) is 4.79 Å². The third-order valence-electron chi connectivity index (χ3n) is 5.12. The maximum Gasteiger partial charge on any atom is 0.410 e. The Morgan fingerprint density at radius 3 is 2.84 bits per heavy atom. The number of nitrogens with zero attached hydrogens (tertiary/aromatic N) is 1. The number of amides is 1. The summed E-state index contributed by atoms with van der Waals surface area (Å²) in [5, 5.41) is 3.82. The lowest BCUT2D eigenvalue weighted by Crippen LogP contribution is -2.56. The maximum atomic E-state index is 12.5. The highest BCUT2D eigenvalue weighted by Gasteiger charge is 2.35. The second-order valence-corrected chi connectivity index (χ2v) is 9.97. The summed E-state index contributed by atoms with van der Waals surface area (Å²) in [4.78, 5) is 15.8. The van der Waals surface area contributed by atoms with Gasteiger partial charge in [-0.05, 0) is 71.4 Å². The fourth-order valence-electron chi connectivity index (χ4n) is 3.90. The lowest BCUT2D eigenvalue weighted by Gasteiger charge is -2.42. The van der Waals surface area contributed by atoms with E-state index in [1.165, 1.54) is 16.9 Å². The molecule has 25 heavy (non-hydrogen) atoms. The molecular formula is C19H29ClN2O2S. The van der Waals surface area contributed by atoms with Crippen LogP contribution < -0.4 is 5.32 Å². The summed E-state index contributed by atoms with van der Waals surface area (Å²) in [6, 6.07) is 2.88. The summed E-state index contributed by atoms with van der Waals surface area (Å²) in [6.07, 6.45) is 5.35. The Hall–Kier alpha value is -0.780. The van der Waals surface area contributed by atoms with Crippen molar-refractivity contribution in [3.05, 3.63) is 20.8 Å². The minimum absolute atomic E-state index is 0.128. The molecule has 1 saturated heterocycles. The topological polar surface area (TPSA) is 41.6 Å². The molecule has 1 aromatic heterocycles. The molecule has 0 saturated carbocycles. The fourth-order valence-corrected chi connectivity index (χ4v) is 5.28. The molecule has 1 amide bonds. The monoisotopic (exact) mass is 384 g/mol. The third-order valence-corrected chi connectivity index (χ3v) is 6.45. The highest BCUT2D eigenvalue weighted by atomic mass is 35.5. The van der Waals surface area contributed by atoms with Gasteiger partial charge in [-0.3, -0.25) is 0 Å². The average Bonchev–Trinajstić information content (AvgIpc) is 2.89. The van der Waals surface area contributed by atoms with Crippen LogP contribution in [0.4, 0.5) is 4.79 Å². The lowest BCUT2D eigenvalue weighted by atomic mass is 9.90. The summed E-state index contributed by atoms with van der Waals surface area (Å²) in [7, 11) is 0. The van der Waals surface area contributed by atoms with Crippen molar-refractivity contribution in [2.24, 2.45) is 0 Å². The van der Waals surface area contributed by atoms with Gasteiger partial charge in [0.2, 0.25) is 0 Å². The number of ether oxygens (including phenoxy) is 1. The summed E-state index contributed by atoms with van der Waals surface area (Å²) >= 11 is 7.94. The van der Waals surface area contributed by atoms with E-state index in [9.17, 15) is 4.79 Å². The molecule has 1 aromatic rings. The van der Waals surface area contributed by atoms with Gasteiger partial charge in [-0.15, -0.1) is 11.3 Å². The normalized spacial score (nSPS) is 27.1. The first kappa shape index (κ1) is 19.0. The van der Waals surface area contributed by atoms with Gasteiger partial charge in [0.15, 0.2) is 0 Å². The van der Waals surface area contributed by atoms with Crippen molar-refractivity contribution in [2.75, 3.05) is 6.54 Å². The van der Waals surface area contributed by atoms with E-state index in [2.05, 4.69) is 18.3 Å². The molecule has 4 nitrogen and oxygen atoms in total. The second kappa shape index (κ2) is 7.45. The van der Waals surface area contributed by atoms with E-state index in [1.807, 2.05) is 25.7 Å². The molecular weight excluding hydrogens is 356 g/mol. The van der Waals surface area contributed by atoms with Crippen LogP contribution in [0.3, 0.4) is 0 Å². The number of piperidine rings is 1. The zero-order chi connectivity index (χ0) is 18.2. The number of thiophene rings is 1. The number of fused-ring (bicyclic) bond motifs is 1. The predicted molar refractivity (Wildman–Crippen MR) is 104 cm³/mol. The van der Waals surface area contributed by atoms with Crippen LogP contribution in [-0.4, -0.2) is 35.2 Å². The highest BCUT2D eigenvalue weighted by molar-refractivity contribution is 7.16. The van der Waals surface area contributed by atoms with Crippen LogP contribution >= 0.6 is 22.9 Å². The van der Waals surface area contributed by atoms with Gasteiger partial charge in [-0.1, -0.05) is 11.6 Å². The van der Waals surface area contributed by atoms with Crippen LogP contribution in [0.2, 0.25) is 4.34 Å². The number of aryl methyl sites for hydroxylation is 1. The quantitative estimate of drug-likeness (QED) is 0.765. The van der Waals surface area contributed by atoms with Gasteiger partial charge in [0.25, 0.3) is 0 Å². The van der Waals surface area contributed by atoms with Gasteiger partial charge in [0.05, 0.1) is 4.34 Å². The lowest BCUT2D eigenvalue weighted by molar-refractivity contribution is 0.00616. The first-order valence-corrected chi connectivity index (χ1v) is 10.5. The standard InChI is InChI=1S/C19H29ClN2O2S/c1-12-14(8-6-10-22(12)18(23)24-19(2,3)4)21-15-7-5-9-16-13(15)11-17(20)25-16/h11-12,14-15,21H,5-10H2,1-4H3. The zero-order valence-corrected chi connectivity index (χ0v) is 17.2. The van der Waals surface area contributed by atoms with Crippen LogP contribution in [-0.2, 0) is 11.2 Å². The van der Waals surface area contributed by atoms with Crippen molar-refractivity contribution in [1.82, 2.24) is 10.2 Å². The third kappa shape index (κ3) is 4.50. The van der Waals surface area contributed by atoms with Crippen LogP contribution in [0.15, 0.2) is 6.07 Å². The Morgan fingerprint density at radius 2 is 2.12 bits per heavy atom. The van der Waals surface area contributed by atoms with E-state index in [0.29, 0.717) is 6.04 Å². The van der Waals surface area contributed by atoms with E-state index in [1.54, 1.807) is 11.3 Å². The number of hydrogen-bond donors (Lipinski definition) is 1. The predicted octanol–water partition coefficient (Wildman–Crippen LogP) is 5.16. The van der Waals surface area contributed by atoms with E-state index in [-0.39, 0.29) is 18.2 Å². The van der Waals surface area contributed by atoms with Gasteiger partial charge in [0.1, 0.15) is 5.60 Å². The fraction of sp³-hybridized carbons (Fsp3) is 0.737. The van der Waals surface area contributed by atoms with Crippen molar-refractivity contribution in [3.8, 4) is 0 Å². The first-order chi connectivity index (χ1) is 11.7. The molecule has 1 fully saturated rings. The Kier molecular flexibility index (Phi) is 5.66. The number of hydrogen-bond acceptors (Lipinski definition) is 4. The van der Waals surface area contributed by atoms with Gasteiger partial charge in [-0.2, -0.15) is 0 Å². The zero-order valence-electron chi connectivity index (χ0n) is 15.6. The Morgan fingerprint density at radius 1 is 1.36 bits per heavy atom. The number of halogens is 1.